The Morgan fingerprint density at radius 1 is 0.800 bits per heavy atom. The van der Waals surface area contributed by atoms with Crippen LogP contribution in [-0.2, 0) is 0 Å². The standard InChI is InChI=1S/C13H15FN2O.C12H13FN2O.CH4.ClH/c1-16-6-4-9(5-7-16)13-11-3-2-10(14)8-12(11)17-15-13;13-9-1-2-10-11(7-9)16-15-12(10)8-3-5-14-6-4-8;;/h2-3,8-9H,4-7H2,1H3;1-2,7-8,14H,3-6H2;1H4;1H. The van der Waals surface area contributed by atoms with Gasteiger partial charge in [0.1, 0.15) is 11.6 Å². The highest BCUT2D eigenvalue weighted by Crippen LogP contribution is 2.33. The average molecular weight is 507 g/mol. The fourth-order valence-corrected chi connectivity index (χ4v) is 4.83. The number of nitrogens with zero attached hydrogens (tertiary/aromatic N) is 3. The maximum atomic E-state index is 13.0. The van der Waals surface area contributed by atoms with Gasteiger partial charge in [0.25, 0.3) is 0 Å². The molecule has 1 N–H and O–H groups in total. The van der Waals surface area contributed by atoms with Crippen LogP contribution < -0.4 is 5.32 Å². The summed E-state index contributed by atoms with van der Waals surface area (Å²) in [5.41, 5.74) is 3.08. The number of likely N-dealkylation sites (tertiary alicyclic amines) is 1. The van der Waals surface area contributed by atoms with Crippen molar-refractivity contribution in [1.82, 2.24) is 20.5 Å². The summed E-state index contributed by atoms with van der Waals surface area (Å²) in [5.74, 6) is 0.329. The third-order valence-corrected chi connectivity index (χ3v) is 6.76. The maximum absolute atomic E-state index is 13.0. The van der Waals surface area contributed by atoms with Gasteiger partial charge in [0.15, 0.2) is 11.2 Å². The molecule has 0 atom stereocenters. The summed E-state index contributed by atoms with van der Waals surface area (Å²) < 4.78 is 36.4. The predicted molar refractivity (Wildman–Crippen MR) is 136 cm³/mol. The van der Waals surface area contributed by atoms with Gasteiger partial charge in [-0.3, -0.25) is 0 Å². The third-order valence-electron chi connectivity index (χ3n) is 6.76. The van der Waals surface area contributed by atoms with E-state index in [9.17, 15) is 8.78 Å². The number of halogens is 3. The molecule has 0 saturated carbocycles. The smallest absolute Gasteiger partial charge is 0.170 e. The summed E-state index contributed by atoms with van der Waals surface area (Å²) in [6.07, 6.45) is 4.32. The Morgan fingerprint density at radius 2 is 1.26 bits per heavy atom. The maximum Gasteiger partial charge on any atom is 0.170 e. The normalized spacial score (nSPS) is 17.5. The molecule has 2 aliphatic rings. The Morgan fingerprint density at radius 3 is 1.74 bits per heavy atom. The summed E-state index contributed by atoms with van der Waals surface area (Å²) >= 11 is 0. The van der Waals surface area contributed by atoms with Gasteiger partial charge < -0.3 is 19.3 Å². The van der Waals surface area contributed by atoms with Crippen molar-refractivity contribution in [1.29, 1.82) is 0 Å². The van der Waals surface area contributed by atoms with Crippen LogP contribution >= 0.6 is 12.4 Å². The molecule has 4 aromatic rings. The second-order valence-corrected chi connectivity index (χ2v) is 9.02. The van der Waals surface area contributed by atoms with Crippen molar-refractivity contribution in [2.75, 3.05) is 33.2 Å². The van der Waals surface area contributed by atoms with Crippen molar-refractivity contribution >= 4 is 34.3 Å². The molecule has 0 aliphatic carbocycles. The van der Waals surface area contributed by atoms with E-state index in [-0.39, 0.29) is 31.5 Å². The van der Waals surface area contributed by atoms with Crippen LogP contribution in [0.2, 0.25) is 0 Å². The monoisotopic (exact) mass is 506 g/mol. The van der Waals surface area contributed by atoms with Gasteiger partial charge in [-0.2, -0.15) is 0 Å². The predicted octanol–water partition coefficient (Wildman–Crippen LogP) is 6.27. The van der Waals surface area contributed by atoms with Gasteiger partial charge in [-0.05, 0) is 83.2 Å². The van der Waals surface area contributed by atoms with Crippen LogP contribution in [0.3, 0.4) is 0 Å². The zero-order valence-corrected chi connectivity index (χ0v) is 19.9. The van der Waals surface area contributed by atoms with Gasteiger partial charge in [-0.25, -0.2) is 8.78 Å². The molecule has 6 rings (SSSR count). The fourth-order valence-electron chi connectivity index (χ4n) is 4.83. The lowest BCUT2D eigenvalue weighted by molar-refractivity contribution is 0.250. The molecule has 2 aromatic heterocycles. The van der Waals surface area contributed by atoms with Crippen molar-refractivity contribution in [2.45, 2.75) is 44.9 Å². The fraction of sp³-hybridized carbons (Fsp3) is 0.462. The highest BCUT2D eigenvalue weighted by molar-refractivity contribution is 5.85. The molecule has 2 saturated heterocycles. The summed E-state index contributed by atoms with van der Waals surface area (Å²) in [5, 5.41) is 13.4. The van der Waals surface area contributed by atoms with E-state index >= 15 is 0 Å². The summed E-state index contributed by atoms with van der Waals surface area (Å²) in [6.45, 7) is 4.20. The van der Waals surface area contributed by atoms with Crippen molar-refractivity contribution < 1.29 is 17.8 Å². The van der Waals surface area contributed by atoms with E-state index in [2.05, 4.69) is 27.6 Å². The lowest BCUT2D eigenvalue weighted by atomic mass is 9.92. The minimum atomic E-state index is -0.277. The average Bonchev–Trinajstić information content (AvgIpc) is 3.44. The van der Waals surface area contributed by atoms with Crippen LogP contribution in [0, 0.1) is 11.6 Å². The minimum absolute atomic E-state index is 0. The molecule has 0 amide bonds. The highest BCUT2D eigenvalue weighted by Gasteiger charge is 2.24. The quantitative estimate of drug-likeness (QED) is 0.345. The molecule has 0 radical (unpaired) electrons. The second-order valence-electron chi connectivity index (χ2n) is 9.02. The van der Waals surface area contributed by atoms with E-state index in [1.54, 1.807) is 12.1 Å². The first-order valence-electron chi connectivity index (χ1n) is 11.6. The molecule has 35 heavy (non-hydrogen) atoms. The Kier molecular flexibility index (Phi) is 9.21. The molecule has 0 bridgehead atoms. The van der Waals surface area contributed by atoms with Crippen LogP contribution in [0.4, 0.5) is 8.78 Å². The number of hydrogen-bond acceptors (Lipinski definition) is 6. The van der Waals surface area contributed by atoms with Gasteiger partial charge in [0.2, 0.25) is 0 Å². The zero-order chi connectivity index (χ0) is 22.8. The van der Waals surface area contributed by atoms with Gasteiger partial charge >= 0.3 is 0 Å². The van der Waals surface area contributed by atoms with E-state index in [1.807, 2.05) is 0 Å². The summed E-state index contributed by atoms with van der Waals surface area (Å²) in [4.78, 5) is 2.32. The van der Waals surface area contributed by atoms with Gasteiger partial charge in [-0.15, -0.1) is 12.4 Å². The Bertz CT molecular complexity index is 1230. The number of fused-ring (bicyclic) bond motifs is 2. The zero-order valence-electron chi connectivity index (χ0n) is 19.1. The highest BCUT2D eigenvalue weighted by atomic mass is 35.5. The van der Waals surface area contributed by atoms with E-state index in [0.717, 1.165) is 74.0 Å². The molecule has 2 aromatic carbocycles. The van der Waals surface area contributed by atoms with Crippen LogP contribution in [0.25, 0.3) is 21.9 Å². The lowest BCUT2D eigenvalue weighted by Crippen LogP contribution is -2.29. The first-order chi connectivity index (χ1) is 16.1. The van der Waals surface area contributed by atoms with Gasteiger partial charge in [-0.1, -0.05) is 17.7 Å². The minimum Gasteiger partial charge on any atom is -0.356 e. The van der Waals surface area contributed by atoms with Crippen LogP contribution in [-0.4, -0.2) is 48.4 Å². The number of nitrogens with one attached hydrogen (secondary N) is 1. The first kappa shape index (κ1) is 27.0. The van der Waals surface area contributed by atoms with E-state index in [4.69, 9.17) is 9.05 Å². The summed E-state index contributed by atoms with van der Waals surface area (Å²) in [7, 11) is 2.13. The molecule has 6 nitrogen and oxygen atoms in total. The number of piperidine rings is 2. The van der Waals surface area contributed by atoms with E-state index in [1.165, 1.54) is 24.3 Å². The molecular formula is C26H33ClF2N4O2. The van der Waals surface area contributed by atoms with Crippen LogP contribution in [0.1, 0.15) is 56.3 Å². The van der Waals surface area contributed by atoms with Crippen molar-refractivity contribution in [3.8, 4) is 0 Å². The van der Waals surface area contributed by atoms with Crippen molar-refractivity contribution in [2.24, 2.45) is 0 Å². The summed E-state index contributed by atoms with van der Waals surface area (Å²) in [6, 6.07) is 9.27. The van der Waals surface area contributed by atoms with Gasteiger partial charge in [0, 0.05) is 34.7 Å². The number of hydrogen-bond donors (Lipinski definition) is 1. The Hall–Kier alpha value is -2.55. The number of aromatic nitrogens is 2. The molecule has 0 spiro atoms. The van der Waals surface area contributed by atoms with Crippen LogP contribution in [0.5, 0.6) is 0 Å². The van der Waals surface area contributed by atoms with E-state index in [0.29, 0.717) is 23.0 Å². The number of rotatable bonds is 2. The molecule has 4 heterocycles. The molecule has 2 aliphatic heterocycles. The first-order valence-corrected chi connectivity index (χ1v) is 11.6. The Balaban J connectivity index is 0.000000185. The van der Waals surface area contributed by atoms with Crippen molar-refractivity contribution in [3.63, 3.8) is 0 Å². The Labute approximate surface area is 210 Å². The second kappa shape index (κ2) is 11.9. The lowest BCUT2D eigenvalue weighted by Gasteiger charge is -2.27. The topological polar surface area (TPSA) is 67.3 Å². The van der Waals surface area contributed by atoms with E-state index < -0.39 is 0 Å². The molecule has 9 heteroatoms. The van der Waals surface area contributed by atoms with Gasteiger partial charge in [0.05, 0.1) is 11.4 Å². The molecule has 190 valence electrons. The molecular weight excluding hydrogens is 474 g/mol. The number of benzene rings is 2. The molecule has 2 fully saturated rings. The molecule has 0 unspecified atom stereocenters. The SMILES string of the molecule is C.CN1CCC(c2noc3cc(F)ccc23)CC1.Cl.Fc1ccc2c(C3CCNCC3)noc2c1. The third kappa shape index (κ3) is 6.00. The van der Waals surface area contributed by atoms with Crippen LogP contribution in [0.15, 0.2) is 45.4 Å². The largest absolute Gasteiger partial charge is 0.356 e. The van der Waals surface area contributed by atoms with Crippen molar-refractivity contribution in [3.05, 3.63) is 59.4 Å².